The number of anilines is 1. The number of aromatic nitrogens is 1. The summed E-state index contributed by atoms with van der Waals surface area (Å²) >= 11 is 1.61. The van der Waals surface area contributed by atoms with Crippen LogP contribution in [0.1, 0.15) is 36.1 Å². The number of thiazole rings is 1. The van der Waals surface area contributed by atoms with Crippen molar-refractivity contribution in [2.24, 2.45) is 5.92 Å². The Kier molecular flexibility index (Phi) is 4.56. The molecule has 1 aliphatic heterocycles. The van der Waals surface area contributed by atoms with E-state index in [4.69, 9.17) is 5.73 Å². The molecule has 3 nitrogen and oxygen atoms in total. The zero-order valence-corrected chi connectivity index (χ0v) is 13.4. The predicted molar refractivity (Wildman–Crippen MR) is 89.4 cm³/mol. The molecule has 1 fully saturated rings. The molecule has 1 aliphatic rings. The summed E-state index contributed by atoms with van der Waals surface area (Å²) in [5.41, 5.74) is 7.23. The molecule has 21 heavy (non-hydrogen) atoms. The third-order valence-electron chi connectivity index (χ3n) is 4.52. The molecule has 0 radical (unpaired) electrons. The molecule has 2 atom stereocenters. The highest BCUT2D eigenvalue weighted by atomic mass is 32.1. The molecule has 4 heteroatoms. The highest BCUT2D eigenvalue weighted by Gasteiger charge is 2.29. The van der Waals surface area contributed by atoms with Gasteiger partial charge >= 0.3 is 0 Å². The van der Waals surface area contributed by atoms with Crippen LogP contribution in [0.2, 0.25) is 0 Å². The summed E-state index contributed by atoms with van der Waals surface area (Å²) in [5, 5.41) is 0.677. The van der Waals surface area contributed by atoms with Crippen molar-refractivity contribution in [2.75, 3.05) is 18.8 Å². The van der Waals surface area contributed by atoms with E-state index in [1.807, 2.05) is 6.20 Å². The summed E-state index contributed by atoms with van der Waals surface area (Å²) in [6, 6.07) is 11.0. The number of nitrogens with two attached hydrogens (primary N) is 1. The van der Waals surface area contributed by atoms with Gasteiger partial charge in [0.2, 0.25) is 0 Å². The number of piperidine rings is 1. The van der Waals surface area contributed by atoms with Gasteiger partial charge in [0.05, 0.1) is 0 Å². The van der Waals surface area contributed by atoms with Gasteiger partial charge in [-0.25, -0.2) is 4.98 Å². The maximum absolute atomic E-state index is 5.72. The van der Waals surface area contributed by atoms with Gasteiger partial charge in [0.1, 0.15) is 0 Å². The molecule has 2 N–H and O–H groups in total. The van der Waals surface area contributed by atoms with Crippen molar-refractivity contribution in [1.82, 2.24) is 9.88 Å². The zero-order valence-electron chi connectivity index (χ0n) is 12.5. The molecule has 2 aromatic rings. The van der Waals surface area contributed by atoms with Crippen molar-refractivity contribution in [3.8, 4) is 0 Å². The molecule has 2 heterocycles. The first-order valence-electron chi connectivity index (χ1n) is 7.73. The molecule has 0 saturated carbocycles. The maximum Gasteiger partial charge on any atom is 0.180 e. The second kappa shape index (κ2) is 6.58. The van der Waals surface area contributed by atoms with Crippen molar-refractivity contribution < 1.29 is 0 Å². The van der Waals surface area contributed by atoms with Crippen LogP contribution >= 0.6 is 11.3 Å². The lowest BCUT2D eigenvalue weighted by Gasteiger charge is -2.38. The lowest BCUT2D eigenvalue weighted by molar-refractivity contribution is 0.144. The number of benzene rings is 1. The second-order valence-electron chi connectivity index (χ2n) is 5.87. The summed E-state index contributed by atoms with van der Waals surface area (Å²) in [7, 11) is 0. The Labute approximate surface area is 130 Å². The molecule has 0 spiro atoms. The molecule has 1 aromatic heterocycles. The van der Waals surface area contributed by atoms with Crippen LogP contribution in [-0.2, 0) is 6.54 Å². The quantitative estimate of drug-likeness (QED) is 0.935. The fourth-order valence-corrected chi connectivity index (χ4v) is 4.15. The number of hydrogen-bond donors (Lipinski definition) is 1. The number of hydrogen-bond acceptors (Lipinski definition) is 4. The van der Waals surface area contributed by atoms with E-state index < -0.39 is 0 Å². The summed E-state index contributed by atoms with van der Waals surface area (Å²) in [6.07, 6.45) is 4.40. The fourth-order valence-electron chi connectivity index (χ4n) is 3.42. The van der Waals surface area contributed by atoms with Gasteiger partial charge in [-0.15, -0.1) is 11.3 Å². The Hall–Kier alpha value is -1.39. The average Bonchev–Trinajstić information content (AvgIpc) is 2.93. The van der Waals surface area contributed by atoms with Crippen LogP contribution in [0, 0.1) is 5.92 Å². The first-order chi connectivity index (χ1) is 10.3. The highest BCUT2D eigenvalue weighted by molar-refractivity contribution is 7.15. The molecule has 112 valence electrons. The Morgan fingerprint density at radius 1 is 1.33 bits per heavy atom. The van der Waals surface area contributed by atoms with Crippen LogP contribution < -0.4 is 5.73 Å². The van der Waals surface area contributed by atoms with Gasteiger partial charge in [0.25, 0.3) is 0 Å². The molecule has 2 unspecified atom stereocenters. The van der Waals surface area contributed by atoms with E-state index in [9.17, 15) is 0 Å². The normalized spacial score (nSPS) is 23.3. The van der Waals surface area contributed by atoms with Crippen LogP contribution in [0.15, 0.2) is 36.5 Å². The molecular weight excluding hydrogens is 278 g/mol. The van der Waals surface area contributed by atoms with E-state index >= 15 is 0 Å². The lowest BCUT2D eigenvalue weighted by Crippen LogP contribution is -2.38. The van der Waals surface area contributed by atoms with Gasteiger partial charge in [0.15, 0.2) is 5.13 Å². The highest BCUT2D eigenvalue weighted by Crippen LogP contribution is 2.35. The SMILES string of the molecule is CCC1CN(Cc2cnc(N)s2)CCC1c1ccccc1. The summed E-state index contributed by atoms with van der Waals surface area (Å²) in [4.78, 5) is 7.99. The Balaban J connectivity index is 1.66. The number of nitrogens with zero attached hydrogens (tertiary/aromatic N) is 2. The van der Waals surface area contributed by atoms with E-state index in [1.165, 1.54) is 29.8 Å². The predicted octanol–water partition coefficient (Wildman–Crippen LogP) is 3.74. The van der Waals surface area contributed by atoms with Crippen molar-refractivity contribution >= 4 is 16.5 Å². The largest absolute Gasteiger partial charge is 0.375 e. The van der Waals surface area contributed by atoms with Crippen molar-refractivity contribution in [3.05, 3.63) is 47.0 Å². The topological polar surface area (TPSA) is 42.2 Å². The van der Waals surface area contributed by atoms with Crippen LogP contribution in [0.3, 0.4) is 0 Å². The van der Waals surface area contributed by atoms with Gasteiger partial charge in [-0.2, -0.15) is 0 Å². The third-order valence-corrected chi connectivity index (χ3v) is 5.33. The van der Waals surface area contributed by atoms with E-state index in [-0.39, 0.29) is 0 Å². The van der Waals surface area contributed by atoms with Crippen molar-refractivity contribution in [3.63, 3.8) is 0 Å². The van der Waals surface area contributed by atoms with Crippen LogP contribution in [-0.4, -0.2) is 23.0 Å². The Morgan fingerprint density at radius 3 is 2.81 bits per heavy atom. The number of nitrogen functional groups attached to an aromatic ring is 1. The smallest absolute Gasteiger partial charge is 0.180 e. The third kappa shape index (κ3) is 3.44. The summed E-state index contributed by atoms with van der Waals surface area (Å²) < 4.78 is 0. The van der Waals surface area contributed by atoms with Gasteiger partial charge < -0.3 is 5.73 Å². The minimum absolute atomic E-state index is 0.677. The Morgan fingerprint density at radius 2 is 2.14 bits per heavy atom. The monoisotopic (exact) mass is 301 g/mol. The fraction of sp³-hybridized carbons (Fsp3) is 0.471. The minimum Gasteiger partial charge on any atom is -0.375 e. The molecule has 1 saturated heterocycles. The second-order valence-corrected chi connectivity index (χ2v) is 7.02. The average molecular weight is 301 g/mol. The molecular formula is C17H23N3S. The molecule has 1 aromatic carbocycles. The molecule has 0 amide bonds. The standard InChI is InChI=1S/C17H23N3S/c1-2-13-11-20(12-15-10-19-17(18)21-15)9-8-16(13)14-6-4-3-5-7-14/h3-7,10,13,16H,2,8-9,11-12H2,1H3,(H2,18,19). The maximum atomic E-state index is 5.72. The number of rotatable bonds is 4. The van der Waals surface area contributed by atoms with E-state index in [0.29, 0.717) is 11.0 Å². The van der Waals surface area contributed by atoms with Gasteiger partial charge in [0, 0.05) is 24.2 Å². The Bertz CT molecular complexity index is 566. The van der Waals surface area contributed by atoms with Gasteiger partial charge in [-0.3, -0.25) is 4.90 Å². The van der Waals surface area contributed by atoms with Crippen LogP contribution in [0.4, 0.5) is 5.13 Å². The van der Waals surface area contributed by atoms with Gasteiger partial charge in [-0.05, 0) is 30.4 Å². The summed E-state index contributed by atoms with van der Waals surface area (Å²) in [6.45, 7) is 5.64. The molecule has 3 rings (SSSR count). The molecule has 0 aliphatic carbocycles. The van der Waals surface area contributed by atoms with E-state index in [2.05, 4.69) is 47.1 Å². The van der Waals surface area contributed by atoms with E-state index in [1.54, 1.807) is 11.3 Å². The first-order valence-corrected chi connectivity index (χ1v) is 8.55. The molecule has 0 bridgehead atoms. The lowest BCUT2D eigenvalue weighted by atomic mass is 9.79. The number of likely N-dealkylation sites (tertiary alicyclic amines) is 1. The van der Waals surface area contributed by atoms with Crippen molar-refractivity contribution in [1.29, 1.82) is 0 Å². The first kappa shape index (κ1) is 14.5. The minimum atomic E-state index is 0.677. The van der Waals surface area contributed by atoms with E-state index in [0.717, 1.165) is 19.0 Å². The van der Waals surface area contributed by atoms with Crippen LogP contribution in [0.25, 0.3) is 0 Å². The van der Waals surface area contributed by atoms with Crippen molar-refractivity contribution in [2.45, 2.75) is 32.2 Å². The zero-order chi connectivity index (χ0) is 14.7. The summed E-state index contributed by atoms with van der Waals surface area (Å²) in [5.74, 6) is 1.45. The van der Waals surface area contributed by atoms with Gasteiger partial charge in [-0.1, -0.05) is 43.7 Å². The van der Waals surface area contributed by atoms with Crippen LogP contribution in [0.5, 0.6) is 0 Å².